The number of rotatable bonds is 8. The number of aryl methyl sites for hydroxylation is 1. The van der Waals surface area contributed by atoms with E-state index >= 15 is 0 Å². The topological polar surface area (TPSA) is 62.6 Å². The lowest BCUT2D eigenvalue weighted by atomic mass is 10.1. The zero-order valence-corrected chi connectivity index (χ0v) is 18.8. The highest BCUT2D eigenvalue weighted by atomic mass is 19.1. The number of anilines is 1. The smallest absolute Gasteiger partial charge is 0.294 e. The molecule has 5 nitrogen and oxygen atoms in total. The maximum Gasteiger partial charge on any atom is 0.294 e. The summed E-state index contributed by atoms with van der Waals surface area (Å²) in [5.41, 5.74) is 4.46. The number of benzene rings is 3. The van der Waals surface area contributed by atoms with Crippen LogP contribution in [0.15, 0.2) is 95.6 Å². The molecule has 0 saturated carbocycles. The standard InChI is InChI=1S/C28H25FN2O3/c1-20-4-2-5-23(16-20)18-30-27(32)17-21-9-13-25(14-10-21)31(28(33)26-6-3-15-34-26)19-22-7-11-24(29)12-8-22/h2-16H,17-19H2,1H3,(H,30,32). The summed E-state index contributed by atoms with van der Waals surface area (Å²) >= 11 is 0. The molecule has 0 unspecified atom stereocenters. The Morgan fingerprint density at radius 1 is 0.882 bits per heavy atom. The molecule has 0 fully saturated rings. The molecular weight excluding hydrogens is 431 g/mol. The number of hydrogen-bond acceptors (Lipinski definition) is 3. The number of carbonyl (C=O) groups excluding carboxylic acids is 2. The molecular formula is C28H25FN2O3. The van der Waals surface area contributed by atoms with E-state index in [1.54, 1.807) is 41.3 Å². The van der Waals surface area contributed by atoms with E-state index in [4.69, 9.17) is 4.42 Å². The third-order valence-corrected chi connectivity index (χ3v) is 5.42. The van der Waals surface area contributed by atoms with Crippen molar-refractivity contribution in [2.75, 3.05) is 4.90 Å². The van der Waals surface area contributed by atoms with Gasteiger partial charge in [0, 0.05) is 12.2 Å². The molecule has 172 valence electrons. The first-order chi connectivity index (χ1) is 16.5. The summed E-state index contributed by atoms with van der Waals surface area (Å²) in [5, 5.41) is 2.94. The SMILES string of the molecule is Cc1cccc(CNC(=O)Cc2ccc(N(Cc3ccc(F)cc3)C(=O)c3ccco3)cc2)c1. The Labute approximate surface area is 197 Å². The Balaban J connectivity index is 1.45. The summed E-state index contributed by atoms with van der Waals surface area (Å²) in [5.74, 6) is -0.513. The first kappa shape index (κ1) is 23.0. The van der Waals surface area contributed by atoms with Crippen LogP contribution in [0, 0.1) is 12.7 Å². The van der Waals surface area contributed by atoms with Gasteiger partial charge in [-0.05, 0) is 60.0 Å². The van der Waals surface area contributed by atoms with Crippen LogP contribution in [0.2, 0.25) is 0 Å². The Morgan fingerprint density at radius 3 is 2.29 bits per heavy atom. The van der Waals surface area contributed by atoms with Crippen molar-refractivity contribution < 1.29 is 18.4 Å². The number of furan rings is 1. The summed E-state index contributed by atoms with van der Waals surface area (Å²) in [4.78, 5) is 27.0. The van der Waals surface area contributed by atoms with Gasteiger partial charge >= 0.3 is 0 Å². The van der Waals surface area contributed by atoms with Crippen LogP contribution >= 0.6 is 0 Å². The van der Waals surface area contributed by atoms with Gasteiger partial charge in [-0.2, -0.15) is 0 Å². The highest BCUT2D eigenvalue weighted by molar-refractivity contribution is 6.04. The van der Waals surface area contributed by atoms with Gasteiger partial charge in [0.15, 0.2) is 5.76 Å². The second kappa shape index (κ2) is 10.6. The summed E-state index contributed by atoms with van der Waals surface area (Å²) in [6.45, 7) is 2.74. The summed E-state index contributed by atoms with van der Waals surface area (Å²) in [7, 11) is 0. The molecule has 0 saturated heterocycles. The van der Waals surface area contributed by atoms with Gasteiger partial charge in [-0.15, -0.1) is 0 Å². The van der Waals surface area contributed by atoms with Crippen molar-refractivity contribution in [3.8, 4) is 0 Å². The predicted octanol–water partition coefficient (Wildman–Crippen LogP) is 5.43. The van der Waals surface area contributed by atoms with Crippen molar-refractivity contribution in [1.82, 2.24) is 5.32 Å². The molecule has 4 aromatic rings. The van der Waals surface area contributed by atoms with Crippen LogP contribution in [0.1, 0.15) is 32.8 Å². The molecule has 0 aliphatic carbocycles. The Morgan fingerprint density at radius 2 is 1.62 bits per heavy atom. The van der Waals surface area contributed by atoms with Gasteiger partial charge in [0.2, 0.25) is 5.91 Å². The van der Waals surface area contributed by atoms with Gasteiger partial charge in [0.25, 0.3) is 5.91 Å². The van der Waals surface area contributed by atoms with Gasteiger partial charge in [-0.25, -0.2) is 4.39 Å². The van der Waals surface area contributed by atoms with Crippen molar-refractivity contribution in [3.63, 3.8) is 0 Å². The number of nitrogens with one attached hydrogen (secondary N) is 1. The number of halogens is 1. The molecule has 34 heavy (non-hydrogen) atoms. The van der Waals surface area contributed by atoms with Gasteiger partial charge in [0.05, 0.1) is 19.2 Å². The Bertz CT molecular complexity index is 1250. The monoisotopic (exact) mass is 456 g/mol. The third-order valence-electron chi connectivity index (χ3n) is 5.42. The van der Waals surface area contributed by atoms with Gasteiger partial charge < -0.3 is 14.6 Å². The Kier molecular flexibility index (Phi) is 7.18. The molecule has 2 amide bonds. The van der Waals surface area contributed by atoms with Crippen LogP contribution in [0.5, 0.6) is 0 Å². The van der Waals surface area contributed by atoms with Gasteiger partial charge in [-0.3, -0.25) is 9.59 Å². The maximum atomic E-state index is 13.3. The highest BCUT2D eigenvalue weighted by Gasteiger charge is 2.20. The number of nitrogens with zero attached hydrogens (tertiary/aromatic N) is 1. The van der Waals surface area contributed by atoms with E-state index < -0.39 is 0 Å². The lowest BCUT2D eigenvalue weighted by Crippen LogP contribution is -2.30. The summed E-state index contributed by atoms with van der Waals surface area (Å²) in [6.07, 6.45) is 1.68. The zero-order valence-electron chi connectivity index (χ0n) is 18.8. The molecule has 0 spiro atoms. The highest BCUT2D eigenvalue weighted by Crippen LogP contribution is 2.22. The molecule has 1 N–H and O–H groups in total. The largest absolute Gasteiger partial charge is 0.459 e. The van der Waals surface area contributed by atoms with Crippen LogP contribution in [-0.4, -0.2) is 11.8 Å². The second-order valence-electron chi connectivity index (χ2n) is 8.10. The van der Waals surface area contributed by atoms with E-state index in [2.05, 4.69) is 5.32 Å². The van der Waals surface area contributed by atoms with Crippen LogP contribution in [0.25, 0.3) is 0 Å². The fourth-order valence-corrected chi connectivity index (χ4v) is 3.65. The van der Waals surface area contributed by atoms with Crippen molar-refractivity contribution in [2.24, 2.45) is 0 Å². The average molecular weight is 457 g/mol. The molecule has 0 radical (unpaired) electrons. The van der Waals surface area contributed by atoms with Gasteiger partial charge in [0.1, 0.15) is 5.82 Å². The van der Waals surface area contributed by atoms with E-state index in [9.17, 15) is 14.0 Å². The third kappa shape index (κ3) is 5.98. The minimum atomic E-state index is -0.335. The van der Waals surface area contributed by atoms with Crippen LogP contribution in [-0.2, 0) is 24.3 Å². The molecule has 0 aliphatic rings. The van der Waals surface area contributed by atoms with Crippen molar-refractivity contribution >= 4 is 17.5 Å². The molecule has 0 bridgehead atoms. The van der Waals surface area contributed by atoms with E-state index in [0.717, 1.165) is 22.3 Å². The summed E-state index contributed by atoms with van der Waals surface area (Å²) < 4.78 is 18.6. The molecule has 3 aromatic carbocycles. The fourth-order valence-electron chi connectivity index (χ4n) is 3.65. The minimum Gasteiger partial charge on any atom is -0.459 e. The lowest BCUT2D eigenvalue weighted by molar-refractivity contribution is -0.120. The van der Waals surface area contributed by atoms with Crippen LogP contribution < -0.4 is 10.2 Å². The van der Waals surface area contributed by atoms with Crippen molar-refractivity contribution in [2.45, 2.75) is 26.4 Å². The zero-order chi connectivity index (χ0) is 23.9. The lowest BCUT2D eigenvalue weighted by Gasteiger charge is -2.22. The molecule has 6 heteroatoms. The van der Waals surface area contributed by atoms with Crippen LogP contribution in [0.3, 0.4) is 0 Å². The fraction of sp³-hybridized carbons (Fsp3) is 0.143. The Hall–Kier alpha value is -4.19. The van der Waals surface area contributed by atoms with Crippen molar-refractivity contribution in [1.29, 1.82) is 0 Å². The molecule has 4 rings (SSSR count). The number of hydrogen-bond donors (Lipinski definition) is 1. The normalized spacial score (nSPS) is 10.6. The predicted molar refractivity (Wildman–Crippen MR) is 129 cm³/mol. The van der Waals surface area contributed by atoms with Crippen molar-refractivity contribution in [3.05, 3.63) is 125 Å². The quantitative estimate of drug-likeness (QED) is 0.384. The maximum absolute atomic E-state index is 13.3. The molecule has 0 atom stereocenters. The van der Waals surface area contributed by atoms with E-state index in [-0.39, 0.29) is 36.4 Å². The second-order valence-corrected chi connectivity index (χ2v) is 8.10. The number of amides is 2. The van der Waals surface area contributed by atoms with Gasteiger partial charge in [-0.1, -0.05) is 54.1 Å². The van der Waals surface area contributed by atoms with Crippen LogP contribution in [0.4, 0.5) is 10.1 Å². The van der Waals surface area contributed by atoms with E-state index in [0.29, 0.717) is 12.2 Å². The molecule has 1 aromatic heterocycles. The molecule has 0 aliphatic heterocycles. The summed E-state index contributed by atoms with van der Waals surface area (Å²) in [6, 6.07) is 24.5. The van der Waals surface area contributed by atoms with E-state index in [1.165, 1.54) is 18.4 Å². The average Bonchev–Trinajstić information content (AvgIpc) is 3.38. The number of carbonyl (C=O) groups is 2. The van der Waals surface area contributed by atoms with E-state index in [1.807, 2.05) is 43.3 Å². The molecule has 1 heterocycles. The first-order valence-corrected chi connectivity index (χ1v) is 11.0. The first-order valence-electron chi connectivity index (χ1n) is 11.0. The minimum absolute atomic E-state index is 0.0795.